The summed E-state index contributed by atoms with van der Waals surface area (Å²) in [5, 5.41) is 6.51. The zero-order valence-electron chi connectivity index (χ0n) is 5.89. The summed E-state index contributed by atoms with van der Waals surface area (Å²) in [6.07, 6.45) is 1.82. The van der Waals surface area contributed by atoms with Gasteiger partial charge in [-0.25, -0.2) is 4.98 Å². The predicted molar refractivity (Wildman–Crippen MR) is 48.9 cm³/mol. The summed E-state index contributed by atoms with van der Waals surface area (Å²) in [5.41, 5.74) is 2.21. The molecular weight excluding hydrogens is 206 g/mol. The Kier molecular flexibility index (Phi) is 1.69. The number of aromatic nitrogens is 1. The number of pyridine rings is 1. The van der Waals surface area contributed by atoms with E-state index in [-0.39, 0.29) is 0 Å². The lowest BCUT2D eigenvalue weighted by atomic mass is 10.3. The van der Waals surface area contributed by atoms with E-state index < -0.39 is 0 Å². The topological polar surface area (TPSA) is 37.0 Å². The largest absolute Gasteiger partial charge is 0.381 e. The monoisotopic (exact) mass is 213 g/mol. The van der Waals surface area contributed by atoms with Gasteiger partial charge < -0.3 is 10.6 Å². The molecule has 0 aliphatic carbocycles. The third-order valence-corrected chi connectivity index (χ3v) is 2.06. The zero-order valence-corrected chi connectivity index (χ0v) is 7.48. The molecule has 0 saturated carbocycles. The van der Waals surface area contributed by atoms with E-state index in [0.717, 1.165) is 29.1 Å². The normalized spacial score (nSPS) is 14.6. The van der Waals surface area contributed by atoms with Gasteiger partial charge in [0.2, 0.25) is 0 Å². The van der Waals surface area contributed by atoms with E-state index in [1.165, 1.54) is 0 Å². The summed E-state index contributed by atoms with van der Waals surface area (Å²) in [6, 6.07) is 1.97. The van der Waals surface area contributed by atoms with E-state index in [4.69, 9.17) is 0 Å². The van der Waals surface area contributed by atoms with Gasteiger partial charge in [-0.15, -0.1) is 0 Å². The second kappa shape index (κ2) is 2.70. The smallest absolute Gasteiger partial charge is 0.108 e. The van der Waals surface area contributed by atoms with Gasteiger partial charge in [-0.05, 0) is 22.0 Å². The van der Waals surface area contributed by atoms with E-state index in [9.17, 15) is 0 Å². The summed E-state index contributed by atoms with van der Waals surface area (Å²) >= 11 is 3.31. The molecule has 0 atom stereocenters. The molecule has 0 unspecified atom stereocenters. The summed E-state index contributed by atoms with van der Waals surface area (Å²) in [5.74, 6) is 0. The van der Waals surface area contributed by atoms with Gasteiger partial charge in [0.05, 0.1) is 17.6 Å². The van der Waals surface area contributed by atoms with Gasteiger partial charge >= 0.3 is 0 Å². The highest BCUT2D eigenvalue weighted by atomic mass is 79.9. The first kappa shape index (κ1) is 6.91. The van der Waals surface area contributed by atoms with Crippen molar-refractivity contribution in [2.24, 2.45) is 0 Å². The second-order valence-corrected chi connectivity index (χ2v) is 3.22. The standard InChI is InChI=1S/C7H8BrN3/c8-7-3-5-6(4-11-7)10-2-1-9-5/h3-4,9-10H,1-2H2. The Morgan fingerprint density at radius 2 is 2.00 bits per heavy atom. The Balaban J connectivity index is 2.43. The number of hydrogen-bond donors (Lipinski definition) is 2. The molecule has 0 fully saturated rings. The average molecular weight is 214 g/mol. The molecule has 3 nitrogen and oxygen atoms in total. The molecular formula is C7H8BrN3. The van der Waals surface area contributed by atoms with Crippen LogP contribution in [0.1, 0.15) is 0 Å². The van der Waals surface area contributed by atoms with Crippen molar-refractivity contribution in [3.8, 4) is 0 Å². The van der Waals surface area contributed by atoms with Crippen molar-refractivity contribution in [2.75, 3.05) is 23.7 Å². The van der Waals surface area contributed by atoms with Crippen molar-refractivity contribution in [1.29, 1.82) is 0 Å². The van der Waals surface area contributed by atoms with Gasteiger partial charge in [-0.1, -0.05) is 0 Å². The van der Waals surface area contributed by atoms with Crippen molar-refractivity contribution >= 4 is 27.3 Å². The third kappa shape index (κ3) is 1.30. The molecule has 1 aromatic rings. The van der Waals surface area contributed by atoms with Gasteiger partial charge in [-0.2, -0.15) is 0 Å². The number of nitrogens with one attached hydrogen (secondary N) is 2. The fourth-order valence-corrected chi connectivity index (χ4v) is 1.44. The van der Waals surface area contributed by atoms with Crippen LogP contribution in [0.15, 0.2) is 16.9 Å². The fraction of sp³-hybridized carbons (Fsp3) is 0.286. The number of anilines is 2. The van der Waals surface area contributed by atoms with Crippen LogP contribution in [-0.2, 0) is 0 Å². The molecule has 2 heterocycles. The van der Waals surface area contributed by atoms with Crippen LogP contribution in [-0.4, -0.2) is 18.1 Å². The maximum atomic E-state index is 4.11. The molecule has 4 heteroatoms. The van der Waals surface area contributed by atoms with E-state index in [1.807, 2.05) is 12.3 Å². The number of nitrogens with zero attached hydrogens (tertiary/aromatic N) is 1. The van der Waals surface area contributed by atoms with Crippen LogP contribution in [0.4, 0.5) is 11.4 Å². The van der Waals surface area contributed by atoms with Gasteiger partial charge in [-0.3, -0.25) is 0 Å². The molecule has 2 rings (SSSR count). The first-order chi connectivity index (χ1) is 5.36. The first-order valence-corrected chi connectivity index (χ1v) is 4.29. The van der Waals surface area contributed by atoms with Crippen LogP contribution in [0.25, 0.3) is 0 Å². The molecule has 11 heavy (non-hydrogen) atoms. The van der Waals surface area contributed by atoms with Crippen LogP contribution in [0.2, 0.25) is 0 Å². The van der Waals surface area contributed by atoms with Gasteiger partial charge in [0.25, 0.3) is 0 Å². The van der Waals surface area contributed by atoms with E-state index >= 15 is 0 Å². The van der Waals surface area contributed by atoms with Gasteiger partial charge in [0.15, 0.2) is 0 Å². The highest BCUT2D eigenvalue weighted by Crippen LogP contribution is 2.25. The lowest BCUT2D eigenvalue weighted by Gasteiger charge is -2.18. The van der Waals surface area contributed by atoms with Crippen molar-refractivity contribution in [1.82, 2.24) is 4.98 Å². The van der Waals surface area contributed by atoms with Crippen LogP contribution in [0.3, 0.4) is 0 Å². The van der Waals surface area contributed by atoms with Crippen molar-refractivity contribution in [2.45, 2.75) is 0 Å². The van der Waals surface area contributed by atoms with Crippen molar-refractivity contribution < 1.29 is 0 Å². The van der Waals surface area contributed by atoms with Crippen molar-refractivity contribution in [3.05, 3.63) is 16.9 Å². The molecule has 1 aromatic heterocycles. The Morgan fingerprint density at radius 1 is 1.27 bits per heavy atom. The number of fused-ring (bicyclic) bond motifs is 1. The molecule has 1 aliphatic rings. The van der Waals surface area contributed by atoms with Crippen molar-refractivity contribution in [3.63, 3.8) is 0 Å². The van der Waals surface area contributed by atoms with Gasteiger partial charge in [0.1, 0.15) is 4.60 Å². The lowest BCUT2D eigenvalue weighted by molar-refractivity contribution is 1.03. The summed E-state index contributed by atoms with van der Waals surface area (Å²) in [7, 11) is 0. The quantitative estimate of drug-likeness (QED) is 0.645. The fourth-order valence-electron chi connectivity index (χ4n) is 1.11. The summed E-state index contributed by atoms with van der Waals surface area (Å²) < 4.78 is 0.868. The molecule has 2 N–H and O–H groups in total. The highest BCUT2D eigenvalue weighted by molar-refractivity contribution is 9.10. The number of hydrogen-bond acceptors (Lipinski definition) is 3. The van der Waals surface area contributed by atoms with Crippen LogP contribution >= 0.6 is 15.9 Å². The molecule has 0 aromatic carbocycles. The Labute approximate surface area is 73.3 Å². The molecule has 0 bridgehead atoms. The summed E-state index contributed by atoms with van der Waals surface area (Å²) in [6.45, 7) is 1.94. The predicted octanol–water partition coefficient (Wildman–Crippen LogP) is 1.68. The van der Waals surface area contributed by atoms with Crippen LogP contribution in [0.5, 0.6) is 0 Å². The number of rotatable bonds is 0. The molecule has 0 spiro atoms. The van der Waals surface area contributed by atoms with E-state index in [1.54, 1.807) is 0 Å². The molecule has 0 radical (unpaired) electrons. The molecule has 0 amide bonds. The Hall–Kier alpha value is -0.770. The van der Waals surface area contributed by atoms with Gasteiger partial charge in [0, 0.05) is 13.1 Å². The first-order valence-electron chi connectivity index (χ1n) is 3.49. The minimum absolute atomic E-state index is 0.868. The maximum absolute atomic E-state index is 4.11. The Bertz CT molecular complexity index is 274. The summed E-state index contributed by atoms with van der Waals surface area (Å²) in [4.78, 5) is 4.11. The van der Waals surface area contributed by atoms with E-state index in [2.05, 4.69) is 31.5 Å². The number of halogens is 1. The minimum Gasteiger partial charge on any atom is -0.381 e. The SMILES string of the molecule is Brc1cc2c(cn1)NCCN2. The zero-order chi connectivity index (χ0) is 7.68. The molecule has 1 aliphatic heterocycles. The maximum Gasteiger partial charge on any atom is 0.108 e. The second-order valence-electron chi connectivity index (χ2n) is 2.41. The highest BCUT2D eigenvalue weighted by Gasteiger charge is 2.06. The third-order valence-electron chi connectivity index (χ3n) is 1.63. The Morgan fingerprint density at radius 3 is 2.82 bits per heavy atom. The minimum atomic E-state index is 0.868. The lowest BCUT2D eigenvalue weighted by Crippen LogP contribution is -2.20. The molecule has 58 valence electrons. The average Bonchev–Trinajstić information content (AvgIpc) is 2.04. The van der Waals surface area contributed by atoms with Crippen LogP contribution in [0, 0.1) is 0 Å². The molecule has 0 saturated heterocycles. The van der Waals surface area contributed by atoms with Crippen LogP contribution < -0.4 is 10.6 Å². The van der Waals surface area contributed by atoms with E-state index in [0.29, 0.717) is 0 Å².